The van der Waals surface area contributed by atoms with Crippen molar-refractivity contribution in [1.29, 1.82) is 0 Å². The minimum Gasteiger partial charge on any atom is -0.364 e. The normalized spacial score (nSPS) is 23.4. The summed E-state index contributed by atoms with van der Waals surface area (Å²) in [5, 5.41) is 3.56. The first-order valence-corrected chi connectivity index (χ1v) is 7.72. The topological polar surface area (TPSA) is 88.8 Å². The molecule has 2 atom stereocenters. The molecule has 0 saturated carbocycles. The molecule has 0 aliphatic carbocycles. The zero-order chi connectivity index (χ0) is 16.5. The minimum atomic E-state index is -0.234. The monoisotopic (exact) mass is 328 g/mol. The van der Waals surface area contributed by atoms with Gasteiger partial charge in [0.2, 0.25) is 11.7 Å². The van der Waals surface area contributed by atoms with Gasteiger partial charge in [-0.2, -0.15) is 0 Å². The van der Waals surface area contributed by atoms with Crippen molar-refractivity contribution in [3.05, 3.63) is 48.1 Å². The Hall–Kier alpha value is -2.74. The van der Waals surface area contributed by atoms with E-state index in [1.807, 2.05) is 12.1 Å². The molecule has 8 nitrogen and oxygen atoms in total. The number of rotatable bonds is 3. The van der Waals surface area contributed by atoms with Gasteiger partial charge in [0, 0.05) is 38.1 Å². The fourth-order valence-corrected chi connectivity index (χ4v) is 3.20. The van der Waals surface area contributed by atoms with E-state index in [2.05, 4.69) is 10.1 Å². The summed E-state index contributed by atoms with van der Waals surface area (Å²) < 4.78 is 10.6. The highest BCUT2D eigenvalue weighted by Gasteiger charge is 2.45. The van der Waals surface area contributed by atoms with Crippen LogP contribution in [0.5, 0.6) is 0 Å². The number of hydrogen-bond donors (Lipinski definition) is 0. The van der Waals surface area contributed by atoms with Crippen molar-refractivity contribution in [3.8, 4) is 0 Å². The van der Waals surface area contributed by atoms with Crippen molar-refractivity contribution in [2.45, 2.75) is 18.7 Å². The number of aromatic nitrogens is 2. The van der Waals surface area contributed by atoms with Gasteiger partial charge in [0.25, 0.3) is 5.91 Å². The van der Waals surface area contributed by atoms with E-state index in [1.165, 1.54) is 12.3 Å². The molecule has 0 radical (unpaired) electrons. The van der Waals surface area contributed by atoms with Crippen LogP contribution in [-0.4, -0.2) is 63.6 Å². The molecule has 2 aromatic heterocycles. The number of amides is 2. The Morgan fingerprint density at radius 2 is 2.04 bits per heavy atom. The third kappa shape index (κ3) is 2.65. The summed E-state index contributed by atoms with van der Waals surface area (Å²) in [6.07, 6.45) is 4.65. The standard InChI is InChI=1S/C16H16N4O4/c21-15-10-23-14-9-19(16(22)13-3-6-18-24-13)8-12(14)20(15)7-11-1-4-17-5-2-11/h1-6,12,14H,7-10H2/t12-,14+/m1/s1. The zero-order valence-electron chi connectivity index (χ0n) is 12.9. The smallest absolute Gasteiger partial charge is 0.292 e. The molecule has 2 aromatic rings. The Bertz CT molecular complexity index is 734. The molecular formula is C16H16N4O4. The lowest BCUT2D eigenvalue weighted by molar-refractivity contribution is -0.153. The van der Waals surface area contributed by atoms with E-state index in [-0.39, 0.29) is 36.3 Å². The Morgan fingerprint density at radius 1 is 1.21 bits per heavy atom. The van der Waals surface area contributed by atoms with Gasteiger partial charge in [-0.05, 0) is 17.7 Å². The summed E-state index contributed by atoms with van der Waals surface area (Å²) in [6.45, 7) is 1.37. The van der Waals surface area contributed by atoms with Gasteiger partial charge in [-0.15, -0.1) is 0 Å². The number of ether oxygens (including phenoxy) is 1. The fraction of sp³-hybridized carbons (Fsp3) is 0.375. The first-order valence-electron chi connectivity index (χ1n) is 7.72. The van der Waals surface area contributed by atoms with Gasteiger partial charge in [-0.25, -0.2) is 0 Å². The molecule has 24 heavy (non-hydrogen) atoms. The average Bonchev–Trinajstić information content (AvgIpc) is 3.27. The maximum absolute atomic E-state index is 12.4. The quantitative estimate of drug-likeness (QED) is 0.806. The molecule has 124 valence electrons. The predicted octanol–water partition coefficient (Wildman–Crippen LogP) is 0.322. The van der Waals surface area contributed by atoms with E-state index in [4.69, 9.17) is 9.26 Å². The average molecular weight is 328 g/mol. The third-order valence-electron chi connectivity index (χ3n) is 4.42. The lowest BCUT2D eigenvalue weighted by Crippen LogP contribution is -2.53. The molecule has 8 heteroatoms. The second kappa shape index (κ2) is 6.04. The number of hydrogen-bond acceptors (Lipinski definition) is 6. The maximum Gasteiger partial charge on any atom is 0.292 e. The molecule has 4 rings (SSSR count). The van der Waals surface area contributed by atoms with Crippen molar-refractivity contribution < 1.29 is 18.8 Å². The van der Waals surface area contributed by atoms with E-state index in [0.717, 1.165) is 5.56 Å². The van der Waals surface area contributed by atoms with Crippen molar-refractivity contribution in [2.75, 3.05) is 19.7 Å². The molecule has 4 heterocycles. The number of pyridine rings is 1. The van der Waals surface area contributed by atoms with Gasteiger partial charge in [-0.3, -0.25) is 14.6 Å². The van der Waals surface area contributed by atoms with Crippen LogP contribution in [-0.2, 0) is 16.1 Å². The predicted molar refractivity (Wildman–Crippen MR) is 80.7 cm³/mol. The second-order valence-corrected chi connectivity index (χ2v) is 5.88. The second-order valence-electron chi connectivity index (χ2n) is 5.88. The van der Waals surface area contributed by atoms with Crippen LogP contribution >= 0.6 is 0 Å². The molecule has 0 N–H and O–H groups in total. The summed E-state index contributed by atoms with van der Waals surface area (Å²) in [5.41, 5.74) is 0.999. The molecule has 2 fully saturated rings. The van der Waals surface area contributed by atoms with Crippen LogP contribution in [0.4, 0.5) is 0 Å². The number of morpholine rings is 1. The lowest BCUT2D eigenvalue weighted by atomic mass is 10.1. The molecule has 2 saturated heterocycles. The summed E-state index contributed by atoms with van der Waals surface area (Å²) in [7, 11) is 0. The summed E-state index contributed by atoms with van der Waals surface area (Å²) in [6, 6.07) is 5.13. The maximum atomic E-state index is 12.4. The Morgan fingerprint density at radius 3 is 2.79 bits per heavy atom. The van der Waals surface area contributed by atoms with Gasteiger partial charge >= 0.3 is 0 Å². The molecule has 0 spiro atoms. The summed E-state index contributed by atoms with van der Waals surface area (Å²) in [5.74, 6) is -0.107. The number of carbonyl (C=O) groups excluding carboxylic acids is 2. The van der Waals surface area contributed by atoms with E-state index >= 15 is 0 Å². The van der Waals surface area contributed by atoms with E-state index < -0.39 is 0 Å². The van der Waals surface area contributed by atoms with Crippen LogP contribution in [0, 0.1) is 0 Å². The van der Waals surface area contributed by atoms with Crippen molar-refractivity contribution in [2.24, 2.45) is 0 Å². The van der Waals surface area contributed by atoms with Gasteiger partial charge < -0.3 is 19.1 Å². The highest BCUT2D eigenvalue weighted by atomic mass is 16.5. The van der Waals surface area contributed by atoms with E-state index in [9.17, 15) is 9.59 Å². The Balaban J connectivity index is 1.52. The van der Waals surface area contributed by atoms with Crippen LogP contribution in [0.15, 0.2) is 41.3 Å². The van der Waals surface area contributed by atoms with Crippen LogP contribution in [0.2, 0.25) is 0 Å². The number of nitrogens with zero attached hydrogens (tertiary/aromatic N) is 4. The molecule has 2 aliphatic heterocycles. The molecule has 2 amide bonds. The molecule has 0 aromatic carbocycles. The first-order chi connectivity index (χ1) is 11.7. The van der Waals surface area contributed by atoms with Crippen LogP contribution in [0.3, 0.4) is 0 Å². The van der Waals surface area contributed by atoms with Crippen LogP contribution < -0.4 is 0 Å². The zero-order valence-corrected chi connectivity index (χ0v) is 12.9. The lowest BCUT2D eigenvalue weighted by Gasteiger charge is -2.36. The minimum absolute atomic E-state index is 0.0383. The van der Waals surface area contributed by atoms with Gasteiger partial charge in [-0.1, -0.05) is 5.16 Å². The van der Waals surface area contributed by atoms with Crippen molar-refractivity contribution >= 4 is 11.8 Å². The van der Waals surface area contributed by atoms with Gasteiger partial charge in [0.15, 0.2) is 0 Å². The van der Waals surface area contributed by atoms with Crippen LogP contribution in [0.1, 0.15) is 16.1 Å². The third-order valence-corrected chi connectivity index (χ3v) is 4.42. The van der Waals surface area contributed by atoms with Crippen LogP contribution in [0.25, 0.3) is 0 Å². The number of fused-ring (bicyclic) bond motifs is 1. The molecular weight excluding hydrogens is 312 g/mol. The largest absolute Gasteiger partial charge is 0.364 e. The van der Waals surface area contributed by atoms with Gasteiger partial charge in [0.1, 0.15) is 6.61 Å². The van der Waals surface area contributed by atoms with Crippen molar-refractivity contribution in [1.82, 2.24) is 19.9 Å². The molecule has 0 bridgehead atoms. The highest BCUT2D eigenvalue weighted by Crippen LogP contribution is 2.26. The van der Waals surface area contributed by atoms with E-state index in [1.54, 1.807) is 22.2 Å². The Labute approximate surface area is 138 Å². The van der Waals surface area contributed by atoms with Crippen molar-refractivity contribution in [3.63, 3.8) is 0 Å². The fourth-order valence-electron chi connectivity index (χ4n) is 3.20. The number of likely N-dealkylation sites (tertiary alicyclic amines) is 1. The first kappa shape index (κ1) is 14.8. The molecule has 2 aliphatic rings. The summed E-state index contributed by atoms with van der Waals surface area (Å²) >= 11 is 0. The van der Waals surface area contributed by atoms with Gasteiger partial charge in [0.05, 0.1) is 18.3 Å². The highest BCUT2D eigenvalue weighted by molar-refractivity contribution is 5.91. The Kier molecular flexibility index (Phi) is 3.73. The van der Waals surface area contributed by atoms with E-state index in [0.29, 0.717) is 19.6 Å². The SMILES string of the molecule is O=C(c1ccno1)N1C[C@@H]2OCC(=O)N(Cc3ccncc3)[C@@H]2C1. The number of carbonyl (C=O) groups is 2. The summed E-state index contributed by atoms with van der Waals surface area (Å²) in [4.78, 5) is 32.1. The molecule has 0 unspecified atom stereocenters.